The summed E-state index contributed by atoms with van der Waals surface area (Å²) in [5.41, 5.74) is 2.66. The molecule has 120 valence electrons. The molecule has 0 fully saturated rings. The van der Waals surface area contributed by atoms with Crippen molar-refractivity contribution in [1.29, 1.82) is 0 Å². The first-order valence-electron chi connectivity index (χ1n) is 8.19. The number of nitrogens with one attached hydrogen (secondary N) is 1. The third kappa shape index (κ3) is 3.78. The van der Waals surface area contributed by atoms with Crippen LogP contribution in [0.2, 0.25) is 0 Å². The summed E-state index contributed by atoms with van der Waals surface area (Å²) in [6.07, 6.45) is 3.27. The van der Waals surface area contributed by atoms with E-state index in [0.717, 1.165) is 24.2 Å². The van der Waals surface area contributed by atoms with E-state index in [1.807, 2.05) is 32.0 Å². The lowest BCUT2D eigenvalue weighted by Crippen LogP contribution is -2.42. The number of hydrogen-bond acceptors (Lipinski definition) is 2. The van der Waals surface area contributed by atoms with E-state index in [-0.39, 0.29) is 11.9 Å². The molecule has 1 N–H and O–H groups in total. The van der Waals surface area contributed by atoms with E-state index < -0.39 is 4.75 Å². The molecule has 1 amide bonds. The van der Waals surface area contributed by atoms with Gasteiger partial charge in [-0.15, -0.1) is 11.8 Å². The quantitative estimate of drug-likeness (QED) is 0.822. The van der Waals surface area contributed by atoms with Crippen LogP contribution in [0.5, 0.6) is 0 Å². The summed E-state index contributed by atoms with van der Waals surface area (Å²) in [6.45, 7) is 3.99. The monoisotopic (exact) mass is 325 g/mol. The van der Waals surface area contributed by atoms with Gasteiger partial charge < -0.3 is 5.32 Å². The minimum Gasteiger partial charge on any atom is -0.348 e. The van der Waals surface area contributed by atoms with Crippen LogP contribution in [0.25, 0.3) is 0 Å². The molecule has 2 nitrogen and oxygen atoms in total. The Kier molecular flexibility index (Phi) is 4.76. The smallest absolute Gasteiger partial charge is 0.236 e. The number of fused-ring (bicyclic) bond motifs is 1. The molecular weight excluding hydrogens is 302 g/mol. The molecule has 0 bridgehead atoms. The minimum absolute atomic E-state index is 0.105. The molecule has 0 aromatic heterocycles. The molecule has 23 heavy (non-hydrogen) atoms. The van der Waals surface area contributed by atoms with Crippen LogP contribution in [-0.4, -0.2) is 10.7 Å². The molecule has 1 atom stereocenters. The first kappa shape index (κ1) is 16.1. The van der Waals surface area contributed by atoms with Gasteiger partial charge in [-0.3, -0.25) is 4.79 Å². The molecule has 0 saturated carbocycles. The molecule has 0 aliphatic heterocycles. The first-order valence-corrected chi connectivity index (χ1v) is 9.01. The van der Waals surface area contributed by atoms with Gasteiger partial charge in [0.2, 0.25) is 5.91 Å². The molecule has 0 radical (unpaired) electrons. The van der Waals surface area contributed by atoms with Gasteiger partial charge in [-0.25, -0.2) is 0 Å². The van der Waals surface area contributed by atoms with Crippen molar-refractivity contribution in [1.82, 2.24) is 5.32 Å². The van der Waals surface area contributed by atoms with Gasteiger partial charge in [0.25, 0.3) is 0 Å². The van der Waals surface area contributed by atoms with E-state index in [2.05, 4.69) is 41.7 Å². The second-order valence-corrected chi connectivity index (χ2v) is 8.24. The normalized spacial score (nSPS) is 17.4. The Balaban J connectivity index is 1.72. The largest absolute Gasteiger partial charge is 0.348 e. The molecule has 0 heterocycles. The summed E-state index contributed by atoms with van der Waals surface area (Å²) < 4.78 is -0.492. The maximum absolute atomic E-state index is 12.8. The van der Waals surface area contributed by atoms with E-state index in [4.69, 9.17) is 0 Å². The van der Waals surface area contributed by atoms with Crippen molar-refractivity contribution < 1.29 is 4.79 Å². The van der Waals surface area contributed by atoms with E-state index in [9.17, 15) is 4.79 Å². The van der Waals surface area contributed by atoms with E-state index in [0.29, 0.717) is 0 Å². The number of rotatable bonds is 4. The van der Waals surface area contributed by atoms with Crippen molar-refractivity contribution in [3.8, 4) is 0 Å². The van der Waals surface area contributed by atoms with Gasteiger partial charge in [0.15, 0.2) is 0 Å². The molecule has 2 aromatic rings. The third-order valence-corrected chi connectivity index (χ3v) is 5.54. The Morgan fingerprint density at radius 2 is 1.78 bits per heavy atom. The predicted octanol–water partition coefficient (Wildman–Crippen LogP) is 4.75. The number of benzene rings is 2. The summed E-state index contributed by atoms with van der Waals surface area (Å²) in [5.74, 6) is 0.105. The van der Waals surface area contributed by atoms with Crippen molar-refractivity contribution in [2.45, 2.75) is 48.8 Å². The standard InChI is InChI=1S/C20H23NOS/c1-20(2,23-16-11-4-3-5-12-16)19(22)21-18-14-8-10-15-9-6-7-13-17(15)18/h3-7,9,11-13,18H,8,10,14H2,1-2H3,(H,21,22). The Bertz CT molecular complexity index is 681. The summed E-state index contributed by atoms with van der Waals surface area (Å²) in [5, 5.41) is 3.28. The van der Waals surface area contributed by atoms with Gasteiger partial charge in [0, 0.05) is 4.90 Å². The van der Waals surface area contributed by atoms with E-state index in [1.54, 1.807) is 11.8 Å². The number of carbonyl (C=O) groups is 1. The van der Waals surface area contributed by atoms with Gasteiger partial charge in [-0.05, 0) is 56.4 Å². The zero-order valence-corrected chi connectivity index (χ0v) is 14.5. The average Bonchev–Trinajstić information content (AvgIpc) is 2.55. The van der Waals surface area contributed by atoms with Gasteiger partial charge >= 0.3 is 0 Å². The highest BCUT2D eigenvalue weighted by Gasteiger charge is 2.32. The molecule has 2 aromatic carbocycles. The number of aryl methyl sites for hydroxylation is 1. The maximum Gasteiger partial charge on any atom is 0.236 e. The van der Waals surface area contributed by atoms with Crippen LogP contribution in [0.3, 0.4) is 0 Å². The molecule has 0 spiro atoms. The van der Waals surface area contributed by atoms with Crippen molar-refractivity contribution in [3.63, 3.8) is 0 Å². The zero-order chi connectivity index (χ0) is 16.3. The lowest BCUT2D eigenvalue weighted by atomic mass is 9.87. The van der Waals surface area contributed by atoms with E-state index >= 15 is 0 Å². The summed E-state index contributed by atoms with van der Waals surface area (Å²) in [7, 11) is 0. The molecule has 1 unspecified atom stereocenters. The van der Waals surface area contributed by atoms with Gasteiger partial charge in [-0.2, -0.15) is 0 Å². The minimum atomic E-state index is -0.492. The van der Waals surface area contributed by atoms with E-state index in [1.165, 1.54) is 11.1 Å². The summed E-state index contributed by atoms with van der Waals surface area (Å²) in [6, 6.07) is 18.7. The lowest BCUT2D eigenvalue weighted by molar-refractivity contribution is -0.123. The second-order valence-electron chi connectivity index (χ2n) is 6.54. The van der Waals surface area contributed by atoms with Gasteiger partial charge in [0.1, 0.15) is 0 Å². The van der Waals surface area contributed by atoms with Crippen molar-refractivity contribution in [2.24, 2.45) is 0 Å². The van der Waals surface area contributed by atoms with Crippen molar-refractivity contribution in [2.75, 3.05) is 0 Å². The Morgan fingerprint density at radius 3 is 2.57 bits per heavy atom. The molecule has 3 heteroatoms. The first-order chi connectivity index (χ1) is 11.1. The molecular formula is C20H23NOS. The van der Waals surface area contributed by atoms with Crippen LogP contribution in [0.1, 0.15) is 43.9 Å². The van der Waals surface area contributed by atoms with Crippen LogP contribution >= 0.6 is 11.8 Å². The topological polar surface area (TPSA) is 29.1 Å². The molecule has 0 saturated heterocycles. The van der Waals surface area contributed by atoms with Crippen LogP contribution in [0.15, 0.2) is 59.5 Å². The predicted molar refractivity (Wildman–Crippen MR) is 96.6 cm³/mol. The SMILES string of the molecule is CC(C)(Sc1ccccc1)C(=O)NC1CCCc2ccccc21. The average molecular weight is 325 g/mol. The highest BCUT2D eigenvalue weighted by atomic mass is 32.2. The lowest BCUT2D eigenvalue weighted by Gasteiger charge is -2.30. The second kappa shape index (κ2) is 6.79. The third-order valence-electron chi connectivity index (χ3n) is 4.34. The Labute approximate surface area is 142 Å². The fourth-order valence-corrected chi connectivity index (χ4v) is 4.10. The van der Waals surface area contributed by atoms with Crippen LogP contribution in [-0.2, 0) is 11.2 Å². The summed E-state index contributed by atoms with van der Waals surface area (Å²) in [4.78, 5) is 13.9. The van der Waals surface area contributed by atoms with Crippen molar-refractivity contribution >= 4 is 17.7 Å². The molecule has 3 rings (SSSR count). The van der Waals surface area contributed by atoms with Crippen LogP contribution in [0, 0.1) is 0 Å². The molecule has 1 aliphatic carbocycles. The zero-order valence-electron chi connectivity index (χ0n) is 13.7. The molecule has 1 aliphatic rings. The van der Waals surface area contributed by atoms with Crippen LogP contribution < -0.4 is 5.32 Å². The van der Waals surface area contributed by atoms with Crippen molar-refractivity contribution in [3.05, 3.63) is 65.7 Å². The number of hydrogen-bond donors (Lipinski definition) is 1. The van der Waals surface area contributed by atoms with Gasteiger partial charge in [0.05, 0.1) is 10.8 Å². The van der Waals surface area contributed by atoms with Crippen LogP contribution in [0.4, 0.5) is 0 Å². The number of carbonyl (C=O) groups excluding carboxylic acids is 1. The highest BCUT2D eigenvalue weighted by molar-refractivity contribution is 8.01. The number of amides is 1. The fraction of sp³-hybridized carbons (Fsp3) is 0.350. The summed E-state index contributed by atoms with van der Waals surface area (Å²) >= 11 is 1.61. The number of thioether (sulfide) groups is 1. The van der Waals surface area contributed by atoms with Gasteiger partial charge in [-0.1, -0.05) is 42.5 Å². The highest BCUT2D eigenvalue weighted by Crippen LogP contribution is 2.35. The Hall–Kier alpha value is -1.74. The Morgan fingerprint density at radius 1 is 1.09 bits per heavy atom. The fourth-order valence-electron chi connectivity index (χ4n) is 3.07. The maximum atomic E-state index is 12.8.